The second-order valence-corrected chi connectivity index (χ2v) is 3.86. The molecule has 8 heteroatoms. The van der Waals surface area contributed by atoms with E-state index in [9.17, 15) is 9.59 Å². The lowest BCUT2D eigenvalue weighted by Crippen LogP contribution is -2.33. The molecular formula is C9H11N5O3. The molecule has 1 aliphatic rings. The van der Waals surface area contributed by atoms with Crippen LogP contribution in [0.2, 0.25) is 0 Å². The van der Waals surface area contributed by atoms with Gasteiger partial charge in [-0.15, -0.1) is 0 Å². The molecule has 0 bridgehead atoms. The van der Waals surface area contributed by atoms with E-state index in [4.69, 9.17) is 10.3 Å². The van der Waals surface area contributed by atoms with Crippen molar-refractivity contribution in [1.82, 2.24) is 9.55 Å². The topological polar surface area (TPSA) is 113 Å². The summed E-state index contributed by atoms with van der Waals surface area (Å²) in [6.07, 6.45) is 1.38. The summed E-state index contributed by atoms with van der Waals surface area (Å²) in [5.74, 6) is 0. The second kappa shape index (κ2) is 4.44. The smallest absolute Gasteiger partial charge is 0.330 e. The molecule has 1 aromatic rings. The number of H-pyrrole nitrogens is 1. The average molecular weight is 237 g/mol. The van der Waals surface area contributed by atoms with Crippen LogP contribution in [0.15, 0.2) is 20.9 Å². The van der Waals surface area contributed by atoms with Crippen molar-refractivity contribution < 1.29 is 4.74 Å². The van der Waals surface area contributed by atoms with E-state index >= 15 is 0 Å². The Hall–Kier alpha value is -2.05. The summed E-state index contributed by atoms with van der Waals surface area (Å²) in [5, 5.41) is 3.54. The van der Waals surface area contributed by atoms with Gasteiger partial charge in [0.2, 0.25) is 0 Å². The van der Waals surface area contributed by atoms with Gasteiger partial charge in [0.05, 0.1) is 12.6 Å². The lowest BCUT2D eigenvalue weighted by molar-refractivity contribution is 0.0518. The van der Waals surface area contributed by atoms with Gasteiger partial charge in [-0.05, 0) is 12.5 Å². The molecule has 1 N–H and O–H groups in total. The minimum Gasteiger partial charge on any atom is -0.357 e. The van der Waals surface area contributed by atoms with Crippen molar-refractivity contribution >= 4 is 0 Å². The van der Waals surface area contributed by atoms with Gasteiger partial charge < -0.3 is 4.74 Å². The Morgan fingerprint density at radius 3 is 3.12 bits per heavy atom. The fourth-order valence-corrected chi connectivity index (χ4v) is 1.74. The Bertz CT molecular complexity index is 583. The van der Waals surface area contributed by atoms with Gasteiger partial charge in [-0.3, -0.25) is 14.3 Å². The van der Waals surface area contributed by atoms with Gasteiger partial charge in [-0.2, -0.15) is 0 Å². The SMILES string of the molecule is Cc1cn([C@H]2C[C@H](N=[N+]=[N-])CO2)c(=O)[nH]c1=O. The Morgan fingerprint density at radius 1 is 1.65 bits per heavy atom. The molecule has 2 atom stereocenters. The van der Waals surface area contributed by atoms with Crippen LogP contribution in [0, 0.1) is 6.92 Å². The molecule has 0 aliphatic carbocycles. The van der Waals surface area contributed by atoms with Gasteiger partial charge in [0.1, 0.15) is 6.23 Å². The van der Waals surface area contributed by atoms with Crippen LogP contribution in [0.5, 0.6) is 0 Å². The maximum Gasteiger partial charge on any atom is 0.330 e. The largest absolute Gasteiger partial charge is 0.357 e. The lowest BCUT2D eigenvalue weighted by atomic mass is 10.2. The molecule has 1 saturated heterocycles. The van der Waals surface area contributed by atoms with Crippen LogP contribution in [0.1, 0.15) is 18.2 Å². The van der Waals surface area contributed by atoms with Gasteiger partial charge in [-0.1, -0.05) is 5.11 Å². The summed E-state index contributed by atoms with van der Waals surface area (Å²) in [6, 6.07) is -0.274. The van der Waals surface area contributed by atoms with Crippen LogP contribution in [0.3, 0.4) is 0 Å². The van der Waals surface area contributed by atoms with Crippen molar-refractivity contribution in [2.75, 3.05) is 6.61 Å². The van der Waals surface area contributed by atoms with E-state index in [1.165, 1.54) is 10.8 Å². The predicted molar refractivity (Wildman–Crippen MR) is 58.6 cm³/mol. The average Bonchev–Trinajstić information content (AvgIpc) is 2.72. The van der Waals surface area contributed by atoms with Crippen LogP contribution < -0.4 is 11.2 Å². The van der Waals surface area contributed by atoms with E-state index < -0.39 is 17.5 Å². The Kier molecular flexibility index (Phi) is 2.99. The van der Waals surface area contributed by atoms with Crippen LogP contribution in [0.25, 0.3) is 10.4 Å². The number of aryl methyl sites for hydroxylation is 1. The number of aromatic amines is 1. The number of hydrogen-bond acceptors (Lipinski definition) is 4. The highest BCUT2D eigenvalue weighted by Crippen LogP contribution is 2.23. The lowest BCUT2D eigenvalue weighted by Gasteiger charge is -2.12. The first-order chi connectivity index (χ1) is 8.11. The number of hydrogen-bond donors (Lipinski definition) is 1. The van der Waals surface area contributed by atoms with Gasteiger partial charge in [0.25, 0.3) is 5.56 Å². The van der Waals surface area contributed by atoms with Crippen molar-refractivity contribution in [1.29, 1.82) is 0 Å². The molecule has 2 rings (SSSR count). The molecule has 17 heavy (non-hydrogen) atoms. The van der Waals surface area contributed by atoms with Crippen molar-refractivity contribution in [2.45, 2.75) is 25.6 Å². The highest BCUT2D eigenvalue weighted by Gasteiger charge is 2.26. The third-order valence-corrected chi connectivity index (χ3v) is 2.63. The van der Waals surface area contributed by atoms with Gasteiger partial charge in [0.15, 0.2) is 0 Å². The number of aromatic nitrogens is 2. The summed E-state index contributed by atoms with van der Waals surface area (Å²) in [5.41, 5.74) is 7.81. The fraction of sp³-hybridized carbons (Fsp3) is 0.556. The molecule has 0 aromatic carbocycles. The maximum atomic E-state index is 11.6. The first-order valence-electron chi connectivity index (χ1n) is 5.09. The molecule has 0 spiro atoms. The van der Waals surface area contributed by atoms with Crippen molar-refractivity contribution in [3.8, 4) is 0 Å². The maximum absolute atomic E-state index is 11.6. The van der Waals surface area contributed by atoms with Gasteiger partial charge in [-0.25, -0.2) is 4.79 Å². The van der Waals surface area contributed by atoms with Crippen LogP contribution in [0.4, 0.5) is 0 Å². The molecule has 0 radical (unpaired) electrons. The number of nitrogens with zero attached hydrogens (tertiary/aromatic N) is 4. The molecule has 1 aromatic heterocycles. The zero-order chi connectivity index (χ0) is 12.4. The van der Waals surface area contributed by atoms with Crippen molar-refractivity contribution in [3.63, 3.8) is 0 Å². The number of nitrogens with one attached hydrogen (secondary N) is 1. The molecule has 0 unspecified atom stereocenters. The molecule has 1 aliphatic heterocycles. The number of rotatable bonds is 2. The number of azide groups is 1. The molecule has 2 heterocycles. The normalized spacial score (nSPS) is 23.4. The minimum atomic E-state index is -0.521. The van der Waals surface area contributed by atoms with Crippen LogP contribution >= 0.6 is 0 Å². The first kappa shape index (κ1) is 11.4. The van der Waals surface area contributed by atoms with E-state index in [-0.39, 0.29) is 12.6 Å². The predicted octanol–water partition coefficient (Wildman–Crippen LogP) is 0.443. The Balaban J connectivity index is 2.31. The van der Waals surface area contributed by atoms with Gasteiger partial charge >= 0.3 is 5.69 Å². The quantitative estimate of drug-likeness (QED) is 0.457. The molecule has 0 amide bonds. The second-order valence-electron chi connectivity index (χ2n) is 3.86. The zero-order valence-corrected chi connectivity index (χ0v) is 9.16. The van der Waals surface area contributed by atoms with Gasteiger partial charge in [0, 0.05) is 23.1 Å². The van der Waals surface area contributed by atoms with Crippen molar-refractivity contribution in [3.05, 3.63) is 43.0 Å². The van der Waals surface area contributed by atoms with E-state index in [0.29, 0.717) is 12.0 Å². The summed E-state index contributed by atoms with van der Waals surface area (Å²) in [6.45, 7) is 1.88. The van der Waals surface area contributed by atoms with E-state index in [2.05, 4.69) is 15.0 Å². The van der Waals surface area contributed by atoms with E-state index in [1.54, 1.807) is 6.92 Å². The molecule has 1 fully saturated rings. The van der Waals surface area contributed by atoms with Crippen LogP contribution in [-0.4, -0.2) is 22.2 Å². The first-order valence-corrected chi connectivity index (χ1v) is 5.09. The fourth-order valence-electron chi connectivity index (χ4n) is 1.74. The summed E-state index contributed by atoms with van der Waals surface area (Å²) in [4.78, 5) is 27.7. The molecule has 8 nitrogen and oxygen atoms in total. The highest BCUT2D eigenvalue weighted by atomic mass is 16.5. The van der Waals surface area contributed by atoms with E-state index in [0.717, 1.165) is 0 Å². The Labute approximate surface area is 95.5 Å². The molecule has 0 saturated carbocycles. The third kappa shape index (κ3) is 2.22. The summed E-state index contributed by atoms with van der Waals surface area (Å²) < 4.78 is 6.67. The zero-order valence-electron chi connectivity index (χ0n) is 9.16. The minimum absolute atomic E-state index is 0.274. The summed E-state index contributed by atoms with van der Waals surface area (Å²) in [7, 11) is 0. The van der Waals surface area contributed by atoms with Crippen molar-refractivity contribution in [2.24, 2.45) is 5.11 Å². The van der Waals surface area contributed by atoms with Crippen LogP contribution in [-0.2, 0) is 4.74 Å². The highest BCUT2D eigenvalue weighted by molar-refractivity contribution is 5.01. The monoisotopic (exact) mass is 237 g/mol. The molecule has 90 valence electrons. The number of ether oxygens (including phenoxy) is 1. The summed E-state index contributed by atoms with van der Waals surface area (Å²) >= 11 is 0. The third-order valence-electron chi connectivity index (χ3n) is 2.63. The molecular weight excluding hydrogens is 226 g/mol. The Morgan fingerprint density at radius 2 is 2.41 bits per heavy atom. The van der Waals surface area contributed by atoms with E-state index in [1.807, 2.05) is 0 Å². The standard InChI is InChI=1S/C9H11N5O3/c1-5-3-14(9(16)11-8(5)15)7-2-6(4-17-7)12-13-10/h3,6-7H,2,4H2,1H3,(H,11,15,16)/t6-,7+/m0/s1.